The molecule has 0 aromatic carbocycles. The normalized spacial score (nSPS) is 49.3. The molecule has 2 atom stereocenters. The topological polar surface area (TPSA) is 0 Å². The molecular formula is C6H14N+. The van der Waals surface area contributed by atoms with Gasteiger partial charge in [0.1, 0.15) is 12.6 Å². The van der Waals surface area contributed by atoms with Crippen LogP contribution in [0, 0.1) is 0 Å². The highest BCUT2D eigenvalue weighted by molar-refractivity contribution is 4.64. The molecule has 1 fully saturated rings. The van der Waals surface area contributed by atoms with E-state index in [1.807, 2.05) is 0 Å². The first kappa shape index (κ1) is 5.10. The van der Waals surface area contributed by atoms with Crippen molar-refractivity contribution < 1.29 is 4.48 Å². The third kappa shape index (κ3) is 0.653. The summed E-state index contributed by atoms with van der Waals surface area (Å²) in [6, 6.07) is 0.949. The fourth-order valence-corrected chi connectivity index (χ4v) is 0.997. The molecule has 42 valence electrons. The third-order valence-electron chi connectivity index (χ3n) is 2.33. The van der Waals surface area contributed by atoms with Gasteiger partial charge in [0.15, 0.2) is 0 Å². The zero-order valence-corrected chi connectivity index (χ0v) is 5.44. The molecule has 0 aliphatic carbocycles. The Morgan fingerprint density at radius 3 is 2.14 bits per heavy atom. The molecule has 0 aromatic heterocycles. The minimum absolute atomic E-state index is 0.949. The fourth-order valence-electron chi connectivity index (χ4n) is 0.997. The Kier molecular flexibility index (Phi) is 0.890. The van der Waals surface area contributed by atoms with E-state index in [-0.39, 0.29) is 0 Å². The summed E-state index contributed by atoms with van der Waals surface area (Å²) in [7, 11) is 2.31. The number of likely N-dealkylation sites (N-methyl/N-ethyl adjacent to an activating group) is 1. The Labute approximate surface area is 45.5 Å². The largest absolute Gasteiger partial charge is 0.315 e. The fraction of sp³-hybridized carbons (Fsp3) is 1.00. The number of hydrogen-bond acceptors (Lipinski definition) is 0. The smallest absolute Gasteiger partial charge is 0.136 e. The lowest BCUT2D eigenvalue weighted by Crippen LogP contribution is -2.20. The molecule has 2 unspecified atom stereocenters. The molecule has 1 nitrogen and oxygen atoms in total. The Morgan fingerprint density at radius 1 is 1.71 bits per heavy atom. The standard InChI is InChI=1S/C6H14N/c1-4-7(3)5-6(7)2/h6H,4-5H2,1-3H3/q+1. The van der Waals surface area contributed by atoms with E-state index in [0.29, 0.717) is 0 Å². The molecule has 1 rings (SSSR count). The summed E-state index contributed by atoms with van der Waals surface area (Å²) in [5.74, 6) is 0. The van der Waals surface area contributed by atoms with Crippen molar-refractivity contribution in [3.63, 3.8) is 0 Å². The first-order valence-electron chi connectivity index (χ1n) is 3.03. The second-order valence-electron chi connectivity index (χ2n) is 2.83. The number of nitrogens with zero attached hydrogens (tertiary/aromatic N) is 1. The van der Waals surface area contributed by atoms with Crippen LogP contribution in [0.15, 0.2) is 0 Å². The van der Waals surface area contributed by atoms with E-state index in [2.05, 4.69) is 20.9 Å². The molecule has 0 radical (unpaired) electrons. The average Bonchev–Trinajstić information content (AvgIpc) is 2.18. The zero-order valence-electron chi connectivity index (χ0n) is 5.44. The number of hydrogen-bond donors (Lipinski definition) is 0. The van der Waals surface area contributed by atoms with E-state index < -0.39 is 0 Å². The van der Waals surface area contributed by atoms with Crippen LogP contribution in [-0.2, 0) is 0 Å². The quantitative estimate of drug-likeness (QED) is 0.338. The van der Waals surface area contributed by atoms with Crippen molar-refractivity contribution in [2.24, 2.45) is 0 Å². The van der Waals surface area contributed by atoms with Crippen molar-refractivity contribution in [2.45, 2.75) is 19.9 Å². The molecule has 1 heteroatoms. The van der Waals surface area contributed by atoms with E-state index in [0.717, 1.165) is 6.04 Å². The maximum Gasteiger partial charge on any atom is 0.136 e. The van der Waals surface area contributed by atoms with Gasteiger partial charge < -0.3 is 4.48 Å². The third-order valence-corrected chi connectivity index (χ3v) is 2.33. The summed E-state index contributed by atoms with van der Waals surface area (Å²) in [6.07, 6.45) is 0. The lowest BCUT2D eigenvalue weighted by Gasteiger charge is -2.07. The molecule has 1 aliphatic heterocycles. The second kappa shape index (κ2) is 1.22. The van der Waals surface area contributed by atoms with Crippen molar-refractivity contribution in [3.05, 3.63) is 0 Å². The van der Waals surface area contributed by atoms with Gasteiger partial charge in [0.25, 0.3) is 0 Å². The van der Waals surface area contributed by atoms with Gasteiger partial charge in [-0.3, -0.25) is 0 Å². The molecule has 0 amide bonds. The van der Waals surface area contributed by atoms with E-state index in [4.69, 9.17) is 0 Å². The van der Waals surface area contributed by atoms with E-state index in [9.17, 15) is 0 Å². The number of quaternary nitrogens is 1. The van der Waals surface area contributed by atoms with Crippen LogP contribution in [0.4, 0.5) is 0 Å². The van der Waals surface area contributed by atoms with Gasteiger partial charge in [-0.25, -0.2) is 0 Å². The van der Waals surface area contributed by atoms with E-state index in [1.165, 1.54) is 17.6 Å². The van der Waals surface area contributed by atoms with Gasteiger partial charge in [-0.1, -0.05) is 0 Å². The van der Waals surface area contributed by atoms with Crippen LogP contribution in [0.25, 0.3) is 0 Å². The van der Waals surface area contributed by atoms with Crippen molar-refractivity contribution in [1.29, 1.82) is 0 Å². The van der Waals surface area contributed by atoms with Crippen LogP contribution >= 0.6 is 0 Å². The molecule has 7 heavy (non-hydrogen) atoms. The van der Waals surface area contributed by atoms with Gasteiger partial charge in [0.2, 0.25) is 0 Å². The highest BCUT2D eigenvalue weighted by Gasteiger charge is 2.45. The molecule has 1 saturated heterocycles. The molecule has 0 aromatic rings. The van der Waals surface area contributed by atoms with Crippen molar-refractivity contribution in [2.75, 3.05) is 20.1 Å². The summed E-state index contributed by atoms with van der Waals surface area (Å²) in [6.45, 7) is 7.27. The summed E-state index contributed by atoms with van der Waals surface area (Å²) < 4.78 is 1.31. The molecule has 0 N–H and O–H groups in total. The maximum absolute atomic E-state index is 2.31. The SMILES string of the molecule is CC[N+]1(C)CC1C. The molecule has 0 spiro atoms. The van der Waals surface area contributed by atoms with Crippen molar-refractivity contribution >= 4 is 0 Å². The second-order valence-corrected chi connectivity index (χ2v) is 2.83. The van der Waals surface area contributed by atoms with E-state index in [1.54, 1.807) is 0 Å². The lowest BCUT2D eigenvalue weighted by atomic mass is 10.5. The van der Waals surface area contributed by atoms with Crippen molar-refractivity contribution in [3.8, 4) is 0 Å². The molecule has 1 aliphatic rings. The Balaban J connectivity index is 2.36. The van der Waals surface area contributed by atoms with Gasteiger partial charge in [-0.05, 0) is 13.8 Å². The van der Waals surface area contributed by atoms with Crippen LogP contribution in [0.2, 0.25) is 0 Å². The maximum atomic E-state index is 2.31. The Bertz CT molecular complexity index is 76.2. The van der Waals surface area contributed by atoms with Gasteiger partial charge in [-0.2, -0.15) is 0 Å². The van der Waals surface area contributed by atoms with Crippen LogP contribution in [0.1, 0.15) is 13.8 Å². The monoisotopic (exact) mass is 100 g/mol. The Morgan fingerprint density at radius 2 is 2.14 bits per heavy atom. The summed E-state index contributed by atoms with van der Waals surface area (Å²) in [4.78, 5) is 0. The first-order valence-corrected chi connectivity index (χ1v) is 3.03. The lowest BCUT2D eigenvalue weighted by molar-refractivity contribution is -0.788. The summed E-state index contributed by atoms with van der Waals surface area (Å²) >= 11 is 0. The Hall–Kier alpha value is -0.0400. The van der Waals surface area contributed by atoms with Gasteiger partial charge >= 0.3 is 0 Å². The first-order chi connectivity index (χ1) is 3.19. The molecular weight excluding hydrogens is 86.1 g/mol. The van der Waals surface area contributed by atoms with Crippen LogP contribution in [0.5, 0.6) is 0 Å². The molecule has 0 bridgehead atoms. The summed E-state index contributed by atoms with van der Waals surface area (Å²) in [5, 5.41) is 0. The zero-order chi connectivity index (χ0) is 5.49. The molecule has 1 heterocycles. The molecule has 0 saturated carbocycles. The highest BCUT2D eigenvalue weighted by Crippen LogP contribution is 2.25. The van der Waals surface area contributed by atoms with Gasteiger partial charge in [0.05, 0.1) is 13.6 Å². The van der Waals surface area contributed by atoms with Gasteiger partial charge in [-0.15, -0.1) is 0 Å². The predicted octanol–water partition coefficient (Wildman–Crippen LogP) is 0.855. The minimum Gasteiger partial charge on any atom is -0.315 e. The van der Waals surface area contributed by atoms with Crippen LogP contribution in [-0.4, -0.2) is 30.7 Å². The minimum atomic E-state index is 0.949. The number of rotatable bonds is 1. The predicted molar refractivity (Wildman–Crippen MR) is 31.1 cm³/mol. The van der Waals surface area contributed by atoms with Gasteiger partial charge in [0, 0.05) is 0 Å². The highest BCUT2D eigenvalue weighted by atomic mass is 15.5. The van der Waals surface area contributed by atoms with Crippen LogP contribution in [0.3, 0.4) is 0 Å². The summed E-state index contributed by atoms with van der Waals surface area (Å²) in [5.41, 5.74) is 0. The average molecular weight is 100 g/mol. The van der Waals surface area contributed by atoms with E-state index >= 15 is 0 Å². The van der Waals surface area contributed by atoms with Crippen molar-refractivity contribution in [1.82, 2.24) is 0 Å². The van der Waals surface area contributed by atoms with Crippen LogP contribution < -0.4 is 0 Å².